The quantitative estimate of drug-likeness (QED) is 0.747. The minimum atomic E-state index is 0.308. The number of hydrogen-bond donors (Lipinski definition) is 1. The first-order chi connectivity index (χ1) is 8.69. The fourth-order valence-electron chi connectivity index (χ4n) is 2.28. The zero-order chi connectivity index (χ0) is 13.4. The predicted octanol–water partition coefficient (Wildman–Crippen LogP) is 0.882. The Morgan fingerprint density at radius 2 is 2.11 bits per heavy atom. The van der Waals surface area contributed by atoms with Gasteiger partial charge in [0.1, 0.15) is 0 Å². The minimum Gasteiger partial charge on any atom is -0.340 e. The van der Waals surface area contributed by atoms with Crippen molar-refractivity contribution in [2.75, 3.05) is 51.8 Å². The van der Waals surface area contributed by atoms with E-state index in [4.69, 9.17) is 0 Å². The third kappa shape index (κ3) is 5.16. The molecular weight excluding hydrogens is 246 g/mol. The van der Waals surface area contributed by atoms with E-state index in [2.05, 4.69) is 30.4 Å². The van der Waals surface area contributed by atoms with Crippen LogP contribution in [0.25, 0.3) is 0 Å². The summed E-state index contributed by atoms with van der Waals surface area (Å²) in [5.74, 6) is 1.46. The van der Waals surface area contributed by atoms with E-state index >= 15 is 0 Å². The van der Waals surface area contributed by atoms with E-state index in [0.29, 0.717) is 18.4 Å². The summed E-state index contributed by atoms with van der Waals surface area (Å²) >= 11 is 1.88. The zero-order valence-electron chi connectivity index (χ0n) is 11.9. The van der Waals surface area contributed by atoms with Gasteiger partial charge in [-0.25, -0.2) is 0 Å². The molecular formula is C13H27N3OS. The smallest absolute Gasteiger partial charge is 0.223 e. The molecule has 1 aliphatic heterocycles. The molecule has 0 radical (unpaired) electrons. The average molecular weight is 273 g/mol. The van der Waals surface area contributed by atoms with E-state index in [1.54, 1.807) is 0 Å². The maximum atomic E-state index is 12.0. The standard InChI is InChI=1S/C13H27N3OS/c1-4-12(11-18-3)15(2)8-5-13(17)16-9-6-14-7-10-16/h12,14H,4-11H2,1-3H3. The van der Waals surface area contributed by atoms with Crippen LogP contribution in [0.3, 0.4) is 0 Å². The molecule has 4 nitrogen and oxygen atoms in total. The first-order valence-electron chi connectivity index (χ1n) is 6.86. The van der Waals surface area contributed by atoms with E-state index in [1.165, 1.54) is 0 Å². The SMILES string of the molecule is CCC(CSC)N(C)CCC(=O)N1CCNCC1. The van der Waals surface area contributed by atoms with E-state index in [-0.39, 0.29) is 0 Å². The highest BCUT2D eigenvalue weighted by molar-refractivity contribution is 7.98. The Bertz CT molecular complexity index is 244. The minimum absolute atomic E-state index is 0.308. The topological polar surface area (TPSA) is 35.6 Å². The highest BCUT2D eigenvalue weighted by Crippen LogP contribution is 2.09. The number of nitrogens with one attached hydrogen (secondary N) is 1. The Morgan fingerprint density at radius 3 is 2.67 bits per heavy atom. The molecule has 0 aromatic carbocycles. The Kier molecular flexibility index (Phi) is 7.70. The molecule has 0 aromatic heterocycles. The van der Waals surface area contributed by atoms with Gasteiger partial charge in [0.15, 0.2) is 0 Å². The zero-order valence-corrected chi connectivity index (χ0v) is 12.8. The van der Waals surface area contributed by atoms with Crippen LogP contribution < -0.4 is 5.32 Å². The molecule has 0 spiro atoms. The summed E-state index contributed by atoms with van der Waals surface area (Å²) in [5, 5.41) is 3.27. The van der Waals surface area contributed by atoms with Crippen LogP contribution in [-0.2, 0) is 4.79 Å². The van der Waals surface area contributed by atoms with Crippen molar-refractivity contribution in [2.24, 2.45) is 0 Å². The lowest BCUT2D eigenvalue weighted by atomic mass is 10.2. The number of carbonyl (C=O) groups is 1. The van der Waals surface area contributed by atoms with Gasteiger partial charge in [-0.1, -0.05) is 6.92 Å². The summed E-state index contributed by atoms with van der Waals surface area (Å²) in [5.41, 5.74) is 0. The van der Waals surface area contributed by atoms with Crippen molar-refractivity contribution in [3.8, 4) is 0 Å². The molecule has 0 bridgehead atoms. The Labute approximate surface area is 115 Å². The van der Waals surface area contributed by atoms with Crippen molar-refractivity contribution >= 4 is 17.7 Å². The van der Waals surface area contributed by atoms with E-state index in [1.807, 2.05) is 16.7 Å². The van der Waals surface area contributed by atoms with Crippen LogP contribution in [0.15, 0.2) is 0 Å². The van der Waals surface area contributed by atoms with Crippen LogP contribution in [0, 0.1) is 0 Å². The molecule has 1 unspecified atom stereocenters. The molecule has 1 saturated heterocycles. The van der Waals surface area contributed by atoms with Gasteiger partial charge < -0.3 is 15.1 Å². The van der Waals surface area contributed by atoms with Crippen LogP contribution in [0.1, 0.15) is 19.8 Å². The molecule has 0 saturated carbocycles. The molecule has 1 N–H and O–H groups in total. The van der Waals surface area contributed by atoms with Crippen LogP contribution >= 0.6 is 11.8 Å². The summed E-state index contributed by atoms with van der Waals surface area (Å²) in [7, 11) is 2.13. The molecule has 0 aliphatic carbocycles. The fraction of sp³-hybridized carbons (Fsp3) is 0.923. The normalized spacial score (nSPS) is 18.1. The van der Waals surface area contributed by atoms with E-state index in [9.17, 15) is 4.79 Å². The molecule has 106 valence electrons. The van der Waals surface area contributed by atoms with Gasteiger partial charge in [-0.3, -0.25) is 4.79 Å². The number of hydrogen-bond acceptors (Lipinski definition) is 4. The van der Waals surface area contributed by atoms with Gasteiger partial charge in [-0.2, -0.15) is 11.8 Å². The van der Waals surface area contributed by atoms with E-state index in [0.717, 1.165) is 44.9 Å². The highest BCUT2D eigenvalue weighted by atomic mass is 32.2. The molecule has 1 atom stereocenters. The predicted molar refractivity (Wildman–Crippen MR) is 79.2 cm³/mol. The third-order valence-corrected chi connectivity index (χ3v) is 4.32. The lowest BCUT2D eigenvalue weighted by Gasteiger charge is -2.30. The van der Waals surface area contributed by atoms with Crippen LogP contribution in [-0.4, -0.2) is 73.5 Å². The Balaban J connectivity index is 2.27. The number of thioether (sulfide) groups is 1. The van der Waals surface area contributed by atoms with Crippen LogP contribution in [0.5, 0.6) is 0 Å². The number of rotatable bonds is 7. The third-order valence-electron chi connectivity index (χ3n) is 3.60. The van der Waals surface area contributed by atoms with Gasteiger partial charge in [-0.15, -0.1) is 0 Å². The van der Waals surface area contributed by atoms with Crippen LogP contribution in [0.4, 0.5) is 0 Å². The second kappa shape index (κ2) is 8.77. The van der Waals surface area contributed by atoms with E-state index < -0.39 is 0 Å². The van der Waals surface area contributed by atoms with Crippen molar-refractivity contribution in [3.63, 3.8) is 0 Å². The summed E-state index contributed by atoms with van der Waals surface area (Å²) in [6, 6.07) is 0.593. The maximum absolute atomic E-state index is 12.0. The second-order valence-electron chi connectivity index (χ2n) is 4.88. The van der Waals surface area contributed by atoms with Crippen molar-refractivity contribution in [2.45, 2.75) is 25.8 Å². The van der Waals surface area contributed by atoms with Gasteiger partial charge in [-0.05, 0) is 19.7 Å². The molecule has 1 amide bonds. The van der Waals surface area contributed by atoms with Crippen molar-refractivity contribution in [1.82, 2.24) is 15.1 Å². The molecule has 18 heavy (non-hydrogen) atoms. The van der Waals surface area contributed by atoms with Gasteiger partial charge in [0, 0.05) is 50.9 Å². The first-order valence-corrected chi connectivity index (χ1v) is 8.26. The molecule has 1 aliphatic rings. The number of amides is 1. The number of piperazine rings is 1. The molecule has 5 heteroatoms. The molecule has 1 fully saturated rings. The molecule has 0 aromatic rings. The van der Waals surface area contributed by atoms with Gasteiger partial charge in [0.05, 0.1) is 0 Å². The lowest BCUT2D eigenvalue weighted by Crippen LogP contribution is -2.47. The largest absolute Gasteiger partial charge is 0.340 e. The van der Waals surface area contributed by atoms with Crippen molar-refractivity contribution in [1.29, 1.82) is 0 Å². The second-order valence-corrected chi connectivity index (χ2v) is 5.79. The summed E-state index contributed by atoms with van der Waals surface area (Å²) in [6.45, 7) is 6.70. The summed E-state index contributed by atoms with van der Waals surface area (Å²) in [4.78, 5) is 16.4. The maximum Gasteiger partial charge on any atom is 0.223 e. The Hall–Kier alpha value is -0.260. The van der Waals surface area contributed by atoms with Gasteiger partial charge in [0.25, 0.3) is 0 Å². The molecule has 1 rings (SSSR count). The van der Waals surface area contributed by atoms with Crippen molar-refractivity contribution < 1.29 is 4.79 Å². The highest BCUT2D eigenvalue weighted by Gasteiger charge is 2.18. The van der Waals surface area contributed by atoms with Gasteiger partial charge in [0.2, 0.25) is 5.91 Å². The lowest BCUT2D eigenvalue weighted by molar-refractivity contribution is -0.132. The Morgan fingerprint density at radius 1 is 1.44 bits per heavy atom. The van der Waals surface area contributed by atoms with Crippen molar-refractivity contribution in [3.05, 3.63) is 0 Å². The first kappa shape index (κ1) is 15.8. The monoisotopic (exact) mass is 273 g/mol. The average Bonchev–Trinajstić information content (AvgIpc) is 2.42. The van der Waals surface area contributed by atoms with Gasteiger partial charge >= 0.3 is 0 Å². The summed E-state index contributed by atoms with van der Waals surface area (Å²) in [6.07, 6.45) is 3.95. The number of nitrogens with zero attached hydrogens (tertiary/aromatic N) is 2. The fourth-order valence-corrected chi connectivity index (χ4v) is 3.15. The molecule has 1 heterocycles. The number of carbonyl (C=O) groups excluding carboxylic acids is 1. The van der Waals surface area contributed by atoms with Crippen LogP contribution in [0.2, 0.25) is 0 Å². The summed E-state index contributed by atoms with van der Waals surface area (Å²) < 4.78 is 0.